The molecule has 0 fully saturated rings. The van der Waals surface area contributed by atoms with Crippen molar-refractivity contribution >= 4 is 0 Å². The molecule has 0 saturated carbocycles. The van der Waals surface area contributed by atoms with Gasteiger partial charge in [-0.05, 0) is 42.0 Å². The summed E-state index contributed by atoms with van der Waals surface area (Å²) in [5.74, 6) is 2.31. The third kappa shape index (κ3) is 2.12. The normalized spacial score (nSPS) is 11.8. The third-order valence-electron chi connectivity index (χ3n) is 4.48. The first-order valence-electron chi connectivity index (χ1n) is 7.72. The molecule has 122 valence electrons. The molecule has 0 spiro atoms. The minimum atomic E-state index is 0.727. The lowest BCUT2D eigenvalue weighted by Crippen LogP contribution is -1.93. The lowest BCUT2D eigenvalue weighted by Gasteiger charge is -2.10. The number of hydrogen-bond acceptors (Lipinski definition) is 4. The van der Waals surface area contributed by atoms with Gasteiger partial charge in [0.25, 0.3) is 0 Å². The summed E-state index contributed by atoms with van der Waals surface area (Å²) in [4.78, 5) is 0. The number of methoxy groups -OCH3 is 3. The topological polar surface area (TPSA) is 56.4 Å². The Morgan fingerprint density at radius 3 is 2.29 bits per heavy atom. The number of ether oxygens (including phenoxy) is 3. The molecule has 1 aliphatic carbocycles. The van der Waals surface area contributed by atoms with Gasteiger partial charge >= 0.3 is 0 Å². The highest BCUT2D eigenvalue weighted by Crippen LogP contribution is 2.44. The Morgan fingerprint density at radius 1 is 0.917 bits per heavy atom. The van der Waals surface area contributed by atoms with Gasteiger partial charge in [-0.3, -0.25) is 5.10 Å². The Bertz CT molecular complexity index is 898. The van der Waals surface area contributed by atoms with E-state index >= 15 is 0 Å². The van der Waals surface area contributed by atoms with Crippen molar-refractivity contribution in [3.63, 3.8) is 0 Å². The van der Waals surface area contributed by atoms with Crippen LogP contribution in [-0.4, -0.2) is 31.5 Å². The van der Waals surface area contributed by atoms with Gasteiger partial charge in [-0.15, -0.1) is 0 Å². The number of fused-ring (bicyclic) bond motifs is 3. The van der Waals surface area contributed by atoms with Crippen molar-refractivity contribution in [3.8, 4) is 39.8 Å². The molecule has 0 amide bonds. The van der Waals surface area contributed by atoms with Crippen molar-refractivity contribution in [2.24, 2.45) is 0 Å². The molecule has 1 N–H and O–H groups in total. The molecular weight excluding hydrogens is 304 g/mol. The Labute approximate surface area is 140 Å². The van der Waals surface area contributed by atoms with E-state index in [1.165, 1.54) is 11.1 Å². The van der Waals surface area contributed by atoms with E-state index in [-0.39, 0.29) is 0 Å². The Morgan fingerprint density at radius 2 is 1.62 bits per heavy atom. The van der Waals surface area contributed by atoms with Crippen LogP contribution < -0.4 is 14.2 Å². The SMILES string of the molecule is COc1ccc(-c2n[nH]c3c2Cc2cc(OC)c(OC)cc2-3)cc1. The summed E-state index contributed by atoms with van der Waals surface area (Å²) in [7, 11) is 4.97. The van der Waals surface area contributed by atoms with E-state index < -0.39 is 0 Å². The Balaban J connectivity index is 1.78. The molecule has 24 heavy (non-hydrogen) atoms. The van der Waals surface area contributed by atoms with Crippen LogP contribution in [0.3, 0.4) is 0 Å². The first-order valence-corrected chi connectivity index (χ1v) is 7.72. The Hall–Kier alpha value is -2.95. The second kappa shape index (κ2) is 5.60. The molecule has 1 aromatic heterocycles. The Kier molecular flexibility index (Phi) is 3.41. The largest absolute Gasteiger partial charge is 0.497 e. The van der Waals surface area contributed by atoms with E-state index in [4.69, 9.17) is 14.2 Å². The van der Waals surface area contributed by atoms with Crippen LogP contribution >= 0.6 is 0 Å². The average molecular weight is 322 g/mol. The molecule has 0 saturated heterocycles. The second-order valence-electron chi connectivity index (χ2n) is 5.70. The second-order valence-corrected chi connectivity index (χ2v) is 5.70. The zero-order valence-corrected chi connectivity index (χ0v) is 13.8. The quantitative estimate of drug-likeness (QED) is 0.623. The summed E-state index contributed by atoms with van der Waals surface area (Å²) in [5.41, 5.74) is 6.63. The van der Waals surface area contributed by atoms with Crippen LogP contribution in [0, 0.1) is 0 Å². The molecular formula is C19H18N2O3. The van der Waals surface area contributed by atoms with Gasteiger partial charge in [0.1, 0.15) is 5.75 Å². The fourth-order valence-corrected chi connectivity index (χ4v) is 3.24. The lowest BCUT2D eigenvalue weighted by atomic mass is 10.1. The molecule has 3 aromatic rings. The van der Waals surface area contributed by atoms with Crippen molar-refractivity contribution < 1.29 is 14.2 Å². The fourth-order valence-electron chi connectivity index (χ4n) is 3.24. The number of aromatic amines is 1. The molecule has 5 nitrogen and oxygen atoms in total. The highest BCUT2D eigenvalue weighted by Gasteiger charge is 2.27. The van der Waals surface area contributed by atoms with Crippen molar-refractivity contribution in [2.45, 2.75) is 6.42 Å². The summed E-state index contributed by atoms with van der Waals surface area (Å²) in [5, 5.41) is 7.70. The summed E-state index contributed by atoms with van der Waals surface area (Å²) >= 11 is 0. The van der Waals surface area contributed by atoms with Crippen LogP contribution in [0.15, 0.2) is 36.4 Å². The van der Waals surface area contributed by atoms with Crippen LogP contribution in [-0.2, 0) is 6.42 Å². The van der Waals surface area contributed by atoms with Crippen LogP contribution in [0.1, 0.15) is 11.1 Å². The summed E-state index contributed by atoms with van der Waals surface area (Å²) < 4.78 is 16.1. The number of nitrogens with one attached hydrogen (secondary N) is 1. The molecule has 0 aliphatic heterocycles. The van der Waals surface area contributed by atoms with E-state index in [9.17, 15) is 0 Å². The summed E-state index contributed by atoms with van der Waals surface area (Å²) in [6.07, 6.45) is 0.822. The van der Waals surface area contributed by atoms with E-state index in [1.807, 2.05) is 36.4 Å². The number of nitrogens with zero attached hydrogens (tertiary/aromatic N) is 1. The van der Waals surface area contributed by atoms with E-state index in [1.54, 1.807) is 21.3 Å². The predicted molar refractivity (Wildman–Crippen MR) is 91.9 cm³/mol. The molecule has 0 bridgehead atoms. The van der Waals surface area contributed by atoms with Crippen LogP contribution in [0.2, 0.25) is 0 Å². The monoisotopic (exact) mass is 322 g/mol. The number of H-pyrrole nitrogens is 1. The van der Waals surface area contributed by atoms with Crippen molar-refractivity contribution in [1.29, 1.82) is 0 Å². The van der Waals surface area contributed by atoms with Gasteiger partial charge in [0.2, 0.25) is 0 Å². The predicted octanol–water partition coefficient (Wildman–Crippen LogP) is 3.67. The van der Waals surface area contributed by atoms with Crippen LogP contribution in [0.5, 0.6) is 17.2 Å². The van der Waals surface area contributed by atoms with Gasteiger partial charge in [-0.2, -0.15) is 5.10 Å². The van der Waals surface area contributed by atoms with Gasteiger partial charge in [-0.1, -0.05) is 0 Å². The molecule has 0 radical (unpaired) electrons. The van der Waals surface area contributed by atoms with Gasteiger partial charge in [-0.25, -0.2) is 0 Å². The molecule has 4 rings (SSSR count). The van der Waals surface area contributed by atoms with E-state index in [2.05, 4.69) is 10.2 Å². The lowest BCUT2D eigenvalue weighted by molar-refractivity contribution is 0.355. The first-order chi connectivity index (χ1) is 11.7. The molecule has 2 aromatic carbocycles. The maximum Gasteiger partial charge on any atom is 0.161 e. The third-order valence-corrected chi connectivity index (χ3v) is 4.48. The molecule has 5 heteroatoms. The van der Waals surface area contributed by atoms with Gasteiger partial charge in [0.05, 0.1) is 32.7 Å². The minimum absolute atomic E-state index is 0.727. The standard InChI is InChI=1S/C19H18N2O3/c1-22-13-6-4-11(5-7-13)18-15-8-12-9-16(23-2)17(24-3)10-14(12)19(15)21-20-18/h4-7,9-10H,8H2,1-3H3,(H,20,21). The molecule has 0 unspecified atom stereocenters. The number of hydrogen-bond donors (Lipinski definition) is 1. The van der Waals surface area contributed by atoms with Crippen molar-refractivity contribution in [1.82, 2.24) is 10.2 Å². The van der Waals surface area contributed by atoms with Gasteiger partial charge < -0.3 is 14.2 Å². The summed E-state index contributed by atoms with van der Waals surface area (Å²) in [6.45, 7) is 0. The van der Waals surface area contributed by atoms with Crippen molar-refractivity contribution in [2.75, 3.05) is 21.3 Å². The zero-order valence-electron chi connectivity index (χ0n) is 13.8. The fraction of sp³-hybridized carbons (Fsp3) is 0.211. The smallest absolute Gasteiger partial charge is 0.161 e. The van der Waals surface area contributed by atoms with Crippen molar-refractivity contribution in [3.05, 3.63) is 47.5 Å². The highest BCUT2D eigenvalue weighted by atomic mass is 16.5. The van der Waals surface area contributed by atoms with Gasteiger partial charge in [0.15, 0.2) is 11.5 Å². The molecule has 0 atom stereocenters. The average Bonchev–Trinajstić information content (AvgIpc) is 3.19. The zero-order chi connectivity index (χ0) is 16.7. The molecule has 1 heterocycles. The van der Waals surface area contributed by atoms with Crippen LogP contribution in [0.25, 0.3) is 22.5 Å². The minimum Gasteiger partial charge on any atom is -0.497 e. The maximum absolute atomic E-state index is 5.42. The first kappa shape index (κ1) is 14.6. The van der Waals surface area contributed by atoms with E-state index in [0.29, 0.717) is 0 Å². The molecule has 1 aliphatic rings. The number of benzene rings is 2. The van der Waals surface area contributed by atoms with E-state index in [0.717, 1.165) is 46.2 Å². The number of rotatable bonds is 4. The summed E-state index contributed by atoms with van der Waals surface area (Å²) in [6, 6.07) is 12.0. The number of aromatic nitrogens is 2. The van der Waals surface area contributed by atoms with Crippen LogP contribution in [0.4, 0.5) is 0 Å². The van der Waals surface area contributed by atoms with Gasteiger partial charge in [0, 0.05) is 23.1 Å². The maximum atomic E-state index is 5.42. The highest BCUT2D eigenvalue weighted by molar-refractivity contribution is 5.82.